The van der Waals surface area contributed by atoms with E-state index in [0.717, 1.165) is 4.31 Å². The van der Waals surface area contributed by atoms with Crippen molar-refractivity contribution in [3.05, 3.63) is 12.2 Å². The lowest BCUT2D eigenvalue weighted by Crippen LogP contribution is -2.32. The third-order valence-electron chi connectivity index (χ3n) is 1.53. The molecule has 0 aromatic carbocycles. The van der Waals surface area contributed by atoms with Crippen LogP contribution in [0.1, 0.15) is 6.42 Å². The van der Waals surface area contributed by atoms with Crippen molar-refractivity contribution in [2.45, 2.75) is 6.42 Å². The molecule has 5 heteroatoms. The second-order valence-electron chi connectivity index (χ2n) is 2.31. The predicted molar refractivity (Wildman–Crippen MR) is 40.3 cm³/mol. The molecule has 62 valence electrons. The molecule has 4 nitrogen and oxygen atoms in total. The standard InChI is InChI=1S/C6H9NO3S/c1-7-6(8)4-2-3-5-11(7,9)10/h2,4H,3,5H2,1H3. The highest BCUT2D eigenvalue weighted by atomic mass is 32.2. The van der Waals surface area contributed by atoms with Crippen molar-refractivity contribution in [3.63, 3.8) is 0 Å². The molecule has 0 spiro atoms. The summed E-state index contributed by atoms with van der Waals surface area (Å²) in [5, 5.41) is 0. The topological polar surface area (TPSA) is 54.5 Å². The van der Waals surface area contributed by atoms with E-state index in [9.17, 15) is 13.2 Å². The first-order chi connectivity index (χ1) is 5.04. The number of likely N-dealkylation sites (N-methyl/N-ethyl adjacent to an activating group) is 1. The van der Waals surface area contributed by atoms with Crippen LogP contribution in [0, 0.1) is 0 Å². The maximum Gasteiger partial charge on any atom is 0.259 e. The van der Waals surface area contributed by atoms with E-state index in [2.05, 4.69) is 0 Å². The van der Waals surface area contributed by atoms with Crippen molar-refractivity contribution in [1.82, 2.24) is 4.31 Å². The number of carbonyl (C=O) groups excluding carboxylic acids is 1. The van der Waals surface area contributed by atoms with Crippen LogP contribution in [0.25, 0.3) is 0 Å². The fraction of sp³-hybridized carbons (Fsp3) is 0.500. The maximum atomic E-state index is 11.1. The number of hydrogen-bond donors (Lipinski definition) is 0. The van der Waals surface area contributed by atoms with Gasteiger partial charge >= 0.3 is 0 Å². The number of hydrogen-bond acceptors (Lipinski definition) is 3. The summed E-state index contributed by atoms with van der Waals surface area (Å²) in [6, 6.07) is 0. The molecule has 0 N–H and O–H groups in total. The summed E-state index contributed by atoms with van der Waals surface area (Å²) in [6.07, 6.45) is 3.27. The van der Waals surface area contributed by atoms with Gasteiger partial charge in [-0.3, -0.25) is 4.79 Å². The largest absolute Gasteiger partial charge is 0.269 e. The third kappa shape index (κ3) is 1.59. The average Bonchev–Trinajstić information content (AvgIpc) is 2.03. The molecule has 11 heavy (non-hydrogen) atoms. The van der Waals surface area contributed by atoms with Crippen molar-refractivity contribution < 1.29 is 13.2 Å². The van der Waals surface area contributed by atoms with E-state index >= 15 is 0 Å². The summed E-state index contributed by atoms with van der Waals surface area (Å²) in [4.78, 5) is 10.9. The Hall–Kier alpha value is -0.840. The van der Waals surface area contributed by atoms with Gasteiger partial charge in [0.25, 0.3) is 5.91 Å². The molecule has 1 amide bonds. The molecule has 0 bridgehead atoms. The Morgan fingerprint density at radius 1 is 1.55 bits per heavy atom. The van der Waals surface area contributed by atoms with E-state index in [-0.39, 0.29) is 5.75 Å². The zero-order chi connectivity index (χ0) is 8.48. The zero-order valence-corrected chi connectivity index (χ0v) is 6.97. The van der Waals surface area contributed by atoms with E-state index < -0.39 is 15.9 Å². The quantitative estimate of drug-likeness (QED) is 0.509. The van der Waals surface area contributed by atoms with Crippen molar-refractivity contribution in [2.75, 3.05) is 12.8 Å². The molecule has 1 rings (SSSR count). The summed E-state index contributed by atoms with van der Waals surface area (Å²) in [6.45, 7) is 0. The number of carbonyl (C=O) groups is 1. The van der Waals surface area contributed by atoms with Crippen LogP contribution < -0.4 is 0 Å². The first-order valence-corrected chi connectivity index (χ1v) is 4.82. The van der Waals surface area contributed by atoms with Gasteiger partial charge < -0.3 is 0 Å². The highest BCUT2D eigenvalue weighted by Crippen LogP contribution is 2.06. The normalized spacial score (nSPS) is 23.4. The fourth-order valence-electron chi connectivity index (χ4n) is 0.780. The van der Waals surface area contributed by atoms with Crippen LogP contribution in [-0.2, 0) is 14.8 Å². The van der Waals surface area contributed by atoms with Gasteiger partial charge in [0.2, 0.25) is 10.0 Å². The van der Waals surface area contributed by atoms with Gasteiger partial charge in [-0.2, -0.15) is 0 Å². The lowest BCUT2D eigenvalue weighted by molar-refractivity contribution is -0.120. The SMILES string of the molecule is CN1C(=O)C=CCCS1(=O)=O. The first kappa shape index (κ1) is 8.26. The first-order valence-electron chi connectivity index (χ1n) is 3.21. The fourth-order valence-corrected chi connectivity index (χ4v) is 1.82. The Kier molecular flexibility index (Phi) is 1.99. The number of nitrogens with zero attached hydrogens (tertiary/aromatic N) is 1. The number of sulfonamides is 1. The van der Waals surface area contributed by atoms with E-state index in [1.807, 2.05) is 0 Å². The monoisotopic (exact) mass is 175 g/mol. The lowest BCUT2D eigenvalue weighted by atomic mass is 10.4. The summed E-state index contributed by atoms with van der Waals surface area (Å²) >= 11 is 0. The van der Waals surface area contributed by atoms with Crippen LogP contribution in [0.5, 0.6) is 0 Å². The molecule has 1 heterocycles. The summed E-state index contributed by atoms with van der Waals surface area (Å²) in [5.74, 6) is -0.450. The van der Waals surface area contributed by atoms with Crippen LogP contribution >= 0.6 is 0 Å². The molecule has 0 unspecified atom stereocenters. The smallest absolute Gasteiger partial charge is 0.259 e. The van der Waals surface area contributed by atoms with Gasteiger partial charge in [-0.15, -0.1) is 0 Å². The molecule has 0 aromatic rings. The number of allylic oxidation sites excluding steroid dienone is 1. The van der Waals surface area contributed by atoms with E-state index in [4.69, 9.17) is 0 Å². The van der Waals surface area contributed by atoms with Gasteiger partial charge in [-0.1, -0.05) is 6.08 Å². The molecule has 0 aromatic heterocycles. The number of amides is 1. The average molecular weight is 175 g/mol. The molecule has 0 atom stereocenters. The predicted octanol–water partition coefficient (Wildman–Crippen LogP) is -0.266. The van der Waals surface area contributed by atoms with Crippen LogP contribution in [0.4, 0.5) is 0 Å². The molecule has 0 fully saturated rings. The van der Waals surface area contributed by atoms with Gasteiger partial charge in [0.1, 0.15) is 0 Å². The summed E-state index contributed by atoms with van der Waals surface area (Å²) in [5.41, 5.74) is 0. The van der Waals surface area contributed by atoms with Crippen LogP contribution in [0.15, 0.2) is 12.2 Å². The maximum absolute atomic E-state index is 11.1. The van der Waals surface area contributed by atoms with E-state index in [1.165, 1.54) is 13.1 Å². The van der Waals surface area contributed by atoms with Gasteiger partial charge in [0, 0.05) is 13.1 Å². The van der Waals surface area contributed by atoms with Gasteiger partial charge in [-0.05, 0) is 6.42 Å². The summed E-state index contributed by atoms with van der Waals surface area (Å²) < 4.78 is 22.9. The minimum atomic E-state index is -3.33. The Labute approximate surface area is 65.6 Å². The van der Waals surface area contributed by atoms with Crippen LogP contribution in [0.3, 0.4) is 0 Å². The minimum Gasteiger partial charge on any atom is -0.269 e. The van der Waals surface area contributed by atoms with Gasteiger partial charge in [0.05, 0.1) is 5.75 Å². The van der Waals surface area contributed by atoms with Crippen LogP contribution in [0.2, 0.25) is 0 Å². The number of rotatable bonds is 0. The Morgan fingerprint density at radius 2 is 2.18 bits per heavy atom. The van der Waals surface area contributed by atoms with Crippen molar-refractivity contribution in [2.24, 2.45) is 0 Å². The van der Waals surface area contributed by atoms with Gasteiger partial charge in [0.15, 0.2) is 0 Å². The Morgan fingerprint density at radius 3 is 2.82 bits per heavy atom. The molecule has 1 aliphatic heterocycles. The second-order valence-corrected chi connectivity index (χ2v) is 4.43. The molecule has 0 radical (unpaired) electrons. The molecular formula is C6H9NO3S. The van der Waals surface area contributed by atoms with E-state index in [1.54, 1.807) is 6.08 Å². The highest BCUT2D eigenvalue weighted by Gasteiger charge is 2.22. The zero-order valence-electron chi connectivity index (χ0n) is 6.15. The third-order valence-corrected chi connectivity index (χ3v) is 3.30. The Balaban J connectivity index is 3.01. The molecule has 0 aliphatic carbocycles. The van der Waals surface area contributed by atoms with Crippen molar-refractivity contribution in [3.8, 4) is 0 Å². The van der Waals surface area contributed by atoms with E-state index in [0.29, 0.717) is 6.42 Å². The lowest BCUT2D eigenvalue weighted by Gasteiger charge is -2.12. The molecule has 0 saturated carbocycles. The highest BCUT2D eigenvalue weighted by molar-refractivity contribution is 7.89. The van der Waals surface area contributed by atoms with Crippen LogP contribution in [-0.4, -0.2) is 31.4 Å². The second kappa shape index (κ2) is 2.65. The van der Waals surface area contributed by atoms with Crippen molar-refractivity contribution >= 4 is 15.9 Å². The minimum absolute atomic E-state index is 0.0196. The molecule has 0 saturated heterocycles. The molecule has 1 aliphatic rings. The summed E-state index contributed by atoms with van der Waals surface area (Å²) in [7, 11) is -2.05. The van der Waals surface area contributed by atoms with Crippen molar-refractivity contribution in [1.29, 1.82) is 0 Å². The Bertz CT molecular complexity index is 291. The van der Waals surface area contributed by atoms with Gasteiger partial charge in [-0.25, -0.2) is 12.7 Å². The molecular weight excluding hydrogens is 166 g/mol.